The lowest BCUT2D eigenvalue weighted by atomic mass is 10.0. The molecule has 6 nitrogen and oxygen atoms in total. The molecular weight excluding hydrogens is 406 g/mol. The molecule has 0 saturated carbocycles. The smallest absolute Gasteiger partial charge is 0.337 e. The van der Waals surface area contributed by atoms with E-state index in [2.05, 4.69) is 23.9 Å². The number of para-hydroxylation sites is 1. The number of methoxy groups -OCH3 is 2. The van der Waals surface area contributed by atoms with Crippen LogP contribution in [0.15, 0.2) is 66.7 Å². The minimum Gasteiger partial charge on any atom is -0.496 e. The van der Waals surface area contributed by atoms with E-state index in [1.54, 1.807) is 49.6 Å². The summed E-state index contributed by atoms with van der Waals surface area (Å²) in [6, 6.07) is 19.6. The third-order valence-electron chi connectivity index (χ3n) is 5.03. The number of ether oxygens (including phenoxy) is 3. The number of esters is 1. The Hall–Kier alpha value is -3.80. The fourth-order valence-corrected chi connectivity index (χ4v) is 3.29. The molecule has 166 valence electrons. The predicted molar refractivity (Wildman–Crippen MR) is 124 cm³/mol. The Bertz CT molecular complexity index is 1090. The van der Waals surface area contributed by atoms with Gasteiger partial charge in [0, 0.05) is 16.8 Å². The number of hydrogen-bond donors (Lipinski definition) is 1. The number of amides is 1. The number of carbonyl (C=O) groups is 2. The van der Waals surface area contributed by atoms with Crippen LogP contribution in [0.25, 0.3) is 0 Å². The lowest BCUT2D eigenvalue weighted by molar-refractivity contribution is 0.0600. The van der Waals surface area contributed by atoms with E-state index in [0.717, 1.165) is 16.9 Å². The van der Waals surface area contributed by atoms with E-state index < -0.39 is 5.97 Å². The third-order valence-corrected chi connectivity index (χ3v) is 5.03. The molecule has 0 radical (unpaired) electrons. The maximum Gasteiger partial charge on any atom is 0.337 e. The van der Waals surface area contributed by atoms with Crippen molar-refractivity contribution in [2.45, 2.75) is 26.4 Å². The van der Waals surface area contributed by atoms with Crippen molar-refractivity contribution >= 4 is 17.6 Å². The molecule has 32 heavy (non-hydrogen) atoms. The minimum absolute atomic E-state index is 0.266. The standard InChI is InChI=1S/C26H27NO5/c1-17(2)22-7-5-6-8-24(22)32-16-20-15-19(11-14-23(20)30-3)25(28)27-21-12-9-18(10-13-21)26(29)31-4/h5-15,17H,16H2,1-4H3,(H,27,28). The van der Waals surface area contributed by atoms with Crippen LogP contribution in [0.3, 0.4) is 0 Å². The number of rotatable bonds is 8. The van der Waals surface area contributed by atoms with Gasteiger partial charge in [-0.05, 0) is 60.0 Å². The second-order valence-corrected chi connectivity index (χ2v) is 7.53. The highest BCUT2D eigenvalue weighted by molar-refractivity contribution is 6.04. The van der Waals surface area contributed by atoms with Crippen LogP contribution in [0.1, 0.15) is 51.6 Å². The monoisotopic (exact) mass is 433 g/mol. The van der Waals surface area contributed by atoms with E-state index in [1.807, 2.05) is 24.3 Å². The molecule has 0 atom stereocenters. The number of nitrogens with one attached hydrogen (secondary N) is 1. The molecule has 0 aliphatic rings. The average Bonchev–Trinajstić information content (AvgIpc) is 2.82. The molecule has 0 aliphatic heterocycles. The lowest BCUT2D eigenvalue weighted by Gasteiger charge is -2.16. The van der Waals surface area contributed by atoms with Crippen LogP contribution in [0.2, 0.25) is 0 Å². The minimum atomic E-state index is -0.429. The summed E-state index contributed by atoms with van der Waals surface area (Å²) in [7, 11) is 2.91. The van der Waals surface area contributed by atoms with E-state index in [-0.39, 0.29) is 12.5 Å². The SMILES string of the molecule is COC(=O)c1ccc(NC(=O)c2ccc(OC)c(COc3ccccc3C(C)C)c2)cc1. The van der Waals surface area contributed by atoms with Gasteiger partial charge in [-0.2, -0.15) is 0 Å². The second kappa shape index (κ2) is 10.5. The molecule has 3 aromatic carbocycles. The van der Waals surface area contributed by atoms with Crippen LogP contribution in [0, 0.1) is 0 Å². The molecule has 0 fully saturated rings. The highest BCUT2D eigenvalue weighted by atomic mass is 16.5. The van der Waals surface area contributed by atoms with Crippen LogP contribution in [-0.2, 0) is 11.3 Å². The van der Waals surface area contributed by atoms with Gasteiger partial charge in [0.05, 0.1) is 19.8 Å². The first-order chi connectivity index (χ1) is 15.4. The van der Waals surface area contributed by atoms with Gasteiger partial charge in [0.1, 0.15) is 18.1 Å². The van der Waals surface area contributed by atoms with Crippen LogP contribution in [0.5, 0.6) is 11.5 Å². The maximum atomic E-state index is 12.8. The second-order valence-electron chi connectivity index (χ2n) is 7.53. The Morgan fingerprint density at radius 2 is 1.56 bits per heavy atom. The van der Waals surface area contributed by atoms with Crippen molar-refractivity contribution in [3.05, 3.63) is 89.0 Å². The first-order valence-corrected chi connectivity index (χ1v) is 10.3. The van der Waals surface area contributed by atoms with Crippen LogP contribution in [-0.4, -0.2) is 26.1 Å². The Labute approximate surface area is 188 Å². The van der Waals surface area contributed by atoms with Crippen LogP contribution >= 0.6 is 0 Å². The summed E-state index contributed by atoms with van der Waals surface area (Å²) >= 11 is 0. The van der Waals surface area contributed by atoms with Gasteiger partial charge in [0.25, 0.3) is 5.91 Å². The summed E-state index contributed by atoms with van der Waals surface area (Å²) < 4.78 is 16.2. The van der Waals surface area contributed by atoms with Gasteiger partial charge in [-0.3, -0.25) is 4.79 Å². The first kappa shape index (κ1) is 22.9. The Balaban J connectivity index is 1.75. The molecule has 0 unspecified atom stereocenters. The summed E-state index contributed by atoms with van der Waals surface area (Å²) in [5, 5.41) is 2.83. The van der Waals surface area contributed by atoms with E-state index in [1.165, 1.54) is 7.11 Å². The number of benzene rings is 3. The molecule has 0 saturated heterocycles. The predicted octanol–water partition coefficient (Wildman–Crippen LogP) is 5.44. The summed E-state index contributed by atoms with van der Waals surface area (Å²) in [5.74, 6) is 1.08. The van der Waals surface area contributed by atoms with E-state index in [4.69, 9.17) is 9.47 Å². The Kier molecular flexibility index (Phi) is 7.49. The molecule has 0 aromatic heterocycles. The first-order valence-electron chi connectivity index (χ1n) is 10.3. The Morgan fingerprint density at radius 3 is 2.22 bits per heavy atom. The van der Waals surface area contributed by atoms with Crippen molar-refractivity contribution in [3.63, 3.8) is 0 Å². The summed E-state index contributed by atoms with van der Waals surface area (Å²) in [6.07, 6.45) is 0. The van der Waals surface area contributed by atoms with Gasteiger partial charge in [0.15, 0.2) is 0 Å². The third kappa shape index (κ3) is 5.46. The summed E-state index contributed by atoms with van der Waals surface area (Å²) in [5.41, 5.74) is 3.34. The van der Waals surface area contributed by atoms with Crippen molar-refractivity contribution in [2.24, 2.45) is 0 Å². The van der Waals surface area contributed by atoms with Gasteiger partial charge < -0.3 is 19.5 Å². The van der Waals surface area contributed by atoms with E-state index in [9.17, 15) is 9.59 Å². The van der Waals surface area contributed by atoms with Gasteiger partial charge in [-0.25, -0.2) is 4.79 Å². The summed E-state index contributed by atoms with van der Waals surface area (Å²) in [4.78, 5) is 24.3. The highest BCUT2D eigenvalue weighted by Gasteiger charge is 2.13. The van der Waals surface area contributed by atoms with Gasteiger partial charge in [0.2, 0.25) is 0 Å². The lowest BCUT2D eigenvalue weighted by Crippen LogP contribution is -2.13. The number of hydrogen-bond acceptors (Lipinski definition) is 5. The van der Waals surface area contributed by atoms with Crippen molar-refractivity contribution in [1.82, 2.24) is 0 Å². The van der Waals surface area contributed by atoms with Gasteiger partial charge in [-0.15, -0.1) is 0 Å². The molecule has 0 heterocycles. The summed E-state index contributed by atoms with van der Waals surface area (Å²) in [6.45, 7) is 4.50. The molecule has 1 N–H and O–H groups in total. The van der Waals surface area contributed by atoms with Crippen molar-refractivity contribution in [3.8, 4) is 11.5 Å². The quantitative estimate of drug-likeness (QED) is 0.479. The van der Waals surface area contributed by atoms with Crippen molar-refractivity contribution in [2.75, 3.05) is 19.5 Å². The zero-order valence-electron chi connectivity index (χ0n) is 18.7. The van der Waals surface area contributed by atoms with Crippen molar-refractivity contribution in [1.29, 1.82) is 0 Å². The molecule has 0 bridgehead atoms. The fraction of sp³-hybridized carbons (Fsp3) is 0.231. The molecule has 6 heteroatoms. The van der Waals surface area contributed by atoms with E-state index >= 15 is 0 Å². The molecular formula is C26H27NO5. The zero-order chi connectivity index (χ0) is 23.1. The molecule has 3 aromatic rings. The van der Waals surface area contributed by atoms with Crippen LogP contribution < -0.4 is 14.8 Å². The average molecular weight is 434 g/mol. The topological polar surface area (TPSA) is 73.9 Å². The molecule has 0 spiro atoms. The zero-order valence-corrected chi connectivity index (χ0v) is 18.7. The normalized spacial score (nSPS) is 10.5. The van der Waals surface area contributed by atoms with Crippen molar-refractivity contribution < 1.29 is 23.8 Å². The molecule has 3 rings (SSSR count). The molecule has 0 aliphatic carbocycles. The largest absolute Gasteiger partial charge is 0.496 e. The van der Waals surface area contributed by atoms with E-state index in [0.29, 0.717) is 28.5 Å². The Morgan fingerprint density at radius 1 is 0.875 bits per heavy atom. The molecule has 1 amide bonds. The maximum absolute atomic E-state index is 12.8. The number of anilines is 1. The van der Waals surface area contributed by atoms with Crippen LogP contribution in [0.4, 0.5) is 5.69 Å². The van der Waals surface area contributed by atoms with Gasteiger partial charge in [-0.1, -0.05) is 32.0 Å². The fourth-order valence-electron chi connectivity index (χ4n) is 3.29. The highest BCUT2D eigenvalue weighted by Crippen LogP contribution is 2.28. The number of carbonyl (C=O) groups excluding carboxylic acids is 2. The van der Waals surface area contributed by atoms with Gasteiger partial charge >= 0.3 is 5.97 Å².